The molecule has 1 saturated heterocycles. The van der Waals surface area contributed by atoms with Gasteiger partial charge in [0.1, 0.15) is 5.60 Å². The largest absolute Gasteiger partial charge is 0.444 e. The van der Waals surface area contributed by atoms with Crippen molar-refractivity contribution >= 4 is 6.09 Å². The Bertz CT molecular complexity index is 309. The van der Waals surface area contributed by atoms with Crippen LogP contribution in [-0.4, -0.2) is 36.5 Å². The number of fused-ring (bicyclic) bond motifs is 2. The Kier molecular flexibility index (Phi) is 3.08. The van der Waals surface area contributed by atoms with Crippen LogP contribution in [0.15, 0.2) is 0 Å². The molecular weight excluding hydrogens is 220 g/mol. The van der Waals surface area contributed by atoms with E-state index in [1.165, 1.54) is 0 Å². The molecule has 1 saturated carbocycles. The van der Waals surface area contributed by atoms with E-state index in [1.807, 2.05) is 20.8 Å². The van der Waals surface area contributed by atoms with E-state index in [-0.39, 0.29) is 17.7 Å². The molecule has 0 radical (unpaired) electrons. The van der Waals surface area contributed by atoms with Crippen molar-refractivity contribution in [2.75, 3.05) is 13.2 Å². The highest BCUT2D eigenvalue weighted by Crippen LogP contribution is 2.43. The van der Waals surface area contributed by atoms with Crippen LogP contribution in [0.3, 0.4) is 0 Å². The molecule has 0 aromatic heterocycles. The van der Waals surface area contributed by atoms with E-state index < -0.39 is 5.60 Å². The molecule has 1 heterocycles. The van der Waals surface area contributed by atoms with E-state index >= 15 is 0 Å². The number of carbonyl (C=O) groups excluding carboxylic acids is 1. The monoisotopic (exact) mass is 242 g/mol. The number of nitrogens with one attached hydrogen (secondary N) is 1. The smallest absolute Gasteiger partial charge is 0.407 e. The number of hydrogen-bond acceptors (Lipinski definition) is 4. The third-order valence-electron chi connectivity index (χ3n) is 3.40. The van der Waals surface area contributed by atoms with Gasteiger partial charge in [-0.2, -0.15) is 0 Å². The second-order valence-corrected chi connectivity index (χ2v) is 6.18. The first-order chi connectivity index (χ1) is 7.80. The van der Waals surface area contributed by atoms with E-state index in [2.05, 4.69) is 5.32 Å². The molecule has 98 valence electrons. The normalized spacial score (nSPS) is 36.0. The van der Waals surface area contributed by atoms with Crippen molar-refractivity contribution in [1.29, 1.82) is 0 Å². The fourth-order valence-electron chi connectivity index (χ4n) is 2.64. The number of carbonyl (C=O) groups is 1. The number of ether oxygens (including phenoxy) is 2. The summed E-state index contributed by atoms with van der Waals surface area (Å²) in [5.74, 6) is 0.454. The maximum absolute atomic E-state index is 11.5. The number of alkyl carbamates (subject to hydrolysis) is 1. The van der Waals surface area contributed by atoms with Gasteiger partial charge < -0.3 is 20.5 Å². The molecule has 1 aliphatic heterocycles. The van der Waals surface area contributed by atoms with Gasteiger partial charge in [-0.05, 0) is 33.6 Å². The zero-order valence-corrected chi connectivity index (χ0v) is 10.8. The fourth-order valence-corrected chi connectivity index (χ4v) is 2.64. The van der Waals surface area contributed by atoms with Crippen molar-refractivity contribution in [3.05, 3.63) is 0 Å². The van der Waals surface area contributed by atoms with Gasteiger partial charge in [0.25, 0.3) is 0 Å². The van der Waals surface area contributed by atoms with Crippen molar-refractivity contribution in [2.45, 2.75) is 50.9 Å². The van der Waals surface area contributed by atoms with Gasteiger partial charge in [0.2, 0.25) is 0 Å². The molecule has 2 fully saturated rings. The molecule has 5 heteroatoms. The second kappa shape index (κ2) is 4.14. The van der Waals surface area contributed by atoms with E-state index in [1.54, 1.807) is 0 Å². The van der Waals surface area contributed by atoms with Crippen molar-refractivity contribution in [3.8, 4) is 0 Å². The third kappa shape index (κ3) is 2.90. The third-order valence-corrected chi connectivity index (χ3v) is 3.40. The van der Waals surface area contributed by atoms with E-state index in [4.69, 9.17) is 15.2 Å². The molecule has 3 atom stereocenters. The average molecular weight is 242 g/mol. The highest BCUT2D eigenvalue weighted by atomic mass is 16.6. The van der Waals surface area contributed by atoms with Crippen molar-refractivity contribution in [2.24, 2.45) is 11.7 Å². The first-order valence-corrected chi connectivity index (χ1v) is 6.16. The standard InChI is InChI=1S/C12H22N2O3/c1-11(2,3)17-10(15)14-7-12-4-8(6-16-12)9(13)5-12/h8-9H,4-7,13H2,1-3H3,(H,14,15)/t8-,9+,12+/m1/s1. The van der Waals surface area contributed by atoms with Gasteiger partial charge >= 0.3 is 6.09 Å². The molecule has 5 nitrogen and oxygen atoms in total. The molecule has 2 bridgehead atoms. The highest BCUT2D eigenvalue weighted by molar-refractivity contribution is 5.67. The van der Waals surface area contributed by atoms with Crippen LogP contribution < -0.4 is 11.1 Å². The van der Waals surface area contributed by atoms with Crippen LogP contribution in [0.4, 0.5) is 4.79 Å². The Balaban J connectivity index is 1.81. The van der Waals surface area contributed by atoms with Crippen LogP contribution in [-0.2, 0) is 9.47 Å². The molecule has 2 aliphatic rings. The SMILES string of the molecule is CC(C)(C)OC(=O)NC[C@@]12C[C@H](CO1)[C@@H](N)C2. The Hall–Kier alpha value is -0.810. The van der Waals surface area contributed by atoms with Crippen molar-refractivity contribution in [3.63, 3.8) is 0 Å². The number of hydrogen-bond donors (Lipinski definition) is 2. The average Bonchev–Trinajstić information content (AvgIpc) is 2.69. The molecule has 1 amide bonds. The van der Waals surface area contributed by atoms with E-state index in [0.717, 1.165) is 19.4 Å². The minimum Gasteiger partial charge on any atom is -0.444 e. The molecule has 2 rings (SSSR count). The maximum Gasteiger partial charge on any atom is 0.407 e. The van der Waals surface area contributed by atoms with Crippen molar-refractivity contribution in [1.82, 2.24) is 5.32 Å². The Morgan fingerprint density at radius 1 is 1.53 bits per heavy atom. The summed E-state index contributed by atoms with van der Waals surface area (Å²) >= 11 is 0. The van der Waals surface area contributed by atoms with E-state index in [9.17, 15) is 4.79 Å². The number of rotatable bonds is 2. The number of nitrogens with two attached hydrogens (primary N) is 1. The van der Waals surface area contributed by atoms with Gasteiger partial charge in [-0.25, -0.2) is 4.79 Å². The zero-order chi connectivity index (χ0) is 12.7. The van der Waals surface area contributed by atoms with Crippen molar-refractivity contribution < 1.29 is 14.3 Å². The summed E-state index contributed by atoms with van der Waals surface area (Å²) in [6, 6.07) is 0.212. The van der Waals surface area contributed by atoms with Crippen LogP contribution in [0.25, 0.3) is 0 Å². The van der Waals surface area contributed by atoms with Gasteiger partial charge in [0.15, 0.2) is 0 Å². The van der Waals surface area contributed by atoms with Crippen LogP contribution >= 0.6 is 0 Å². The molecule has 1 aliphatic carbocycles. The summed E-state index contributed by atoms with van der Waals surface area (Å²) in [6.45, 7) is 6.75. The molecule has 3 N–H and O–H groups in total. The fraction of sp³-hybridized carbons (Fsp3) is 0.917. The lowest BCUT2D eigenvalue weighted by Gasteiger charge is -2.29. The molecular formula is C12H22N2O3. The first-order valence-electron chi connectivity index (χ1n) is 6.16. The van der Waals surface area contributed by atoms with Gasteiger partial charge in [0.05, 0.1) is 12.2 Å². The first kappa shape index (κ1) is 12.6. The Morgan fingerprint density at radius 3 is 2.71 bits per heavy atom. The lowest BCUT2D eigenvalue weighted by molar-refractivity contribution is -0.0233. The van der Waals surface area contributed by atoms with Gasteiger partial charge in [-0.3, -0.25) is 0 Å². The molecule has 0 aromatic carbocycles. The molecule has 0 unspecified atom stereocenters. The zero-order valence-electron chi connectivity index (χ0n) is 10.8. The predicted octanol–water partition coefficient (Wildman–Crippen LogP) is 1.02. The quantitative estimate of drug-likeness (QED) is 0.758. The van der Waals surface area contributed by atoms with E-state index in [0.29, 0.717) is 12.5 Å². The Labute approximate surface area is 102 Å². The lowest BCUT2D eigenvalue weighted by atomic mass is 10.0. The molecule has 0 aromatic rings. The molecule has 17 heavy (non-hydrogen) atoms. The van der Waals surface area contributed by atoms with Gasteiger partial charge in [-0.15, -0.1) is 0 Å². The second-order valence-electron chi connectivity index (χ2n) is 6.18. The highest BCUT2D eigenvalue weighted by Gasteiger charge is 2.50. The topological polar surface area (TPSA) is 73.6 Å². The molecule has 0 spiro atoms. The Morgan fingerprint density at radius 2 is 2.24 bits per heavy atom. The lowest BCUT2D eigenvalue weighted by Crippen LogP contribution is -2.46. The van der Waals surface area contributed by atoms with Crippen LogP contribution in [0.1, 0.15) is 33.6 Å². The minimum atomic E-state index is -0.465. The predicted molar refractivity (Wildman–Crippen MR) is 63.6 cm³/mol. The summed E-state index contributed by atoms with van der Waals surface area (Å²) < 4.78 is 10.9. The van der Waals surface area contributed by atoms with Crippen LogP contribution in [0.5, 0.6) is 0 Å². The van der Waals surface area contributed by atoms with Crippen LogP contribution in [0, 0.1) is 5.92 Å². The summed E-state index contributed by atoms with van der Waals surface area (Å²) in [5, 5.41) is 2.78. The van der Waals surface area contributed by atoms with Gasteiger partial charge in [0, 0.05) is 18.5 Å². The number of amides is 1. The van der Waals surface area contributed by atoms with Gasteiger partial charge in [-0.1, -0.05) is 0 Å². The summed E-state index contributed by atoms with van der Waals surface area (Å²) in [6.07, 6.45) is 1.39. The summed E-state index contributed by atoms with van der Waals surface area (Å²) in [7, 11) is 0. The summed E-state index contributed by atoms with van der Waals surface area (Å²) in [5.41, 5.74) is 5.27. The maximum atomic E-state index is 11.5. The minimum absolute atomic E-state index is 0.212. The summed E-state index contributed by atoms with van der Waals surface area (Å²) in [4.78, 5) is 11.5. The van der Waals surface area contributed by atoms with Crippen LogP contribution in [0.2, 0.25) is 0 Å².